The maximum absolute atomic E-state index is 12.1. The standard InChI is InChI=1S/C19H38N4O3.HI/c1-8-25-14-16-10-12-23(13-16)17(20-6)21-11-9-15(2)22(7)18(24)26-19(3,4)5;/h15-16H,8-14H2,1-7H3,(H,20,21);1H. The van der Waals surface area contributed by atoms with Gasteiger partial charge in [-0.05, 0) is 47.5 Å². The zero-order valence-electron chi connectivity index (χ0n) is 18.1. The Kier molecular flexibility index (Phi) is 12.3. The number of hydrogen-bond acceptors (Lipinski definition) is 4. The molecule has 0 saturated carbocycles. The number of carbonyl (C=O) groups excluding carboxylic acids is 1. The Balaban J connectivity index is 0.00000676. The van der Waals surface area contributed by atoms with E-state index < -0.39 is 5.60 Å². The van der Waals surface area contributed by atoms with Crippen molar-refractivity contribution in [1.29, 1.82) is 0 Å². The van der Waals surface area contributed by atoms with Crippen LogP contribution < -0.4 is 5.32 Å². The highest BCUT2D eigenvalue weighted by molar-refractivity contribution is 14.0. The minimum atomic E-state index is -0.473. The minimum absolute atomic E-state index is 0. The molecule has 1 amide bonds. The summed E-state index contributed by atoms with van der Waals surface area (Å²) in [6, 6.07) is 0.0831. The molecule has 160 valence electrons. The fraction of sp³-hybridized carbons (Fsp3) is 0.895. The van der Waals surface area contributed by atoms with Crippen LogP contribution in [0.15, 0.2) is 4.99 Å². The maximum atomic E-state index is 12.1. The minimum Gasteiger partial charge on any atom is -0.444 e. The van der Waals surface area contributed by atoms with Gasteiger partial charge in [-0.3, -0.25) is 4.99 Å². The molecule has 1 aliphatic heterocycles. The van der Waals surface area contributed by atoms with E-state index in [0.717, 1.165) is 51.6 Å². The summed E-state index contributed by atoms with van der Waals surface area (Å²) in [7, 11) is 3.60. The number of ether oxygens (including phenoxy) is 2. The van der Waals surface area contributed by atoms with Gasteiger partial charge in [0.2, 0.25) is 0 Å². The van der Waals surface area contributed by atoms with Crippen LogP contribution in [0.2, 0.25) is 0 Å². The first-order valence-corrected chi connectivity index (χ1v) is 9.67. The number of guanidine groups is 1. The molecule has 0 aromatic heterocycles. The van der Waals surface area contributed by atoms with Gasteiger partial charge in [-0.25, -0.2) is 4.79 Å². The Bertz CT molecular complexity index is 468. The molecule has 0 spiro atoms. The molecule has 0 radical (unpaired) electrons. The van der Waals surface area contributed by atoms with Crippen LogP contribution in [-0.4, -0.2) is 80.4 Å². The number of amides is 1. The van der Waals surface area contributed by atoms with E-state index in [1.54, 1.807) is 11.9 Å². The Morgan fingerprint density at radius 2 is 2.07 bits per heavy atom. The topological polar surface area (TPSA) is 66.4 Å². The van der Waals surface area contributed by atoms with Crippen LogP contribution in [0.25, 0.3) is 0 Å². The van der Waals surface area contributed by atoms with Gasteiger partial charge in [0.25, 0.3) is 0 Å². The van der Waals surface area contributed by atoms with Crippen molar-refractivity contribution >= 4 is 36.0 Å². The largest absolute Gasteiger partial charge is 0.444 e. The zero-order valence-corrected chi connectivity index (χ0v) is 20.4. The number of aliphatic imine (C=N–C) groups is 1. The molecule has 1 fully saturated rings. The number of nitrogens with one attached hydrogen (secondary N) is 1. The van der Waals surface area contributed by atoms with Crippen LogP contribution in [0.4, 0.5) is 4.79 Å². The van der Waals surface area contributed by atoms with Crippen LogP contribution in [0.5, 0.6) is 0 Å². The molecule has 1 N–H and O–H groups in total. The lowest BCUT2D eigenvalue weighted by Crippen LogP contribution is -2.43. The number of rotatable bonds is 7. The molecule has 2 atom stereocenters. The van der Waals surface area contributed by atoms with E-state index in [2.05, 4.69) is 15.2 Å². The molecule has 1 aliphatic rings. The van der Waals surface area contributed by atoms with E-state index in [9.17, 15) is 4.79 Å². The fourth-order valence-corrected chi connectivity index (χ4v) is 2.88. The van der Waals surface area contributed by atoms with Crippen molar-refractivity contribution in [3.05, 3.63) is 0 Å². The molecule has 1 saturated heterocycles. The highest BCUT2D eigenvalue weighted by atomic mass is 127. The van der Waals surface area contributed by atoms with Crippen LogP contribution in [0.3, 0.4) is 0 Å². The number of nitrogens with zero attached hydrogens (tertiary/aromatic N) is 3. The second kappa shape index (κ2) is 12.6. The Hall–Kier alpha value is -0.770. The third-order valence-electron chi connectivity index (χ3n) is 4.54. The van der Waals surface area contributed by atoms with Crippen LogP contribution in [-0.2, 0) is 9.47 Å². The second-order valence-corrected chi connectivity index (χ2v) is 7.96. The van der Waals surface area contributed by atoms with Crippen LogP contribution in [0.1, 0.15) is 47.5 Å². The Morgan fingerprint density at radius 1 is 1.41 bits per heavy atom. The molecule has 8 heteroatoms. The summed E-state index contributed by atoms with van der Waals surface area (Å²) < 4.78 is 11.0. The number of carbonyl (C=O) groups is 1. The molecule has 0 aromatic carbocycles. The first-order chi connectivity index (χ1) is 12.2. The van der Waals surface area contributed by atoms with Gasteiger partial charge in [0.05, 0.1) is 6.61 Å². The Labute approximate surface area is 182 Å². The summed E-state index contributed by atoms with van der Waals surface area (Å²) >= 11 is 0. The van der Waals surface area contributed by atoms with E-state index >= 15 is 0 Å². The summed E-state index contributed by atoms with van der Waals surface area (Å²) in [5, 5.41) is 3.42. The normalized spacial score (nSPS) is 18.7. The van der Waals surface area contributed by atoms with Gasteiger partial charge in [-0.15, -0.1) is 24.0 Å². The molecule has 0 bridgehead atoms. The van der Waals surface area contributed by atoms with Crippen molar-refractivity contribution in [2.24, 2.45) is 10.9 Å². The van der Waals surface area contributed by atoms with Crippen molar-refractivity contribution in [3.8, 4) is 0 Å². The van der Waals surface area contributed by atoms with E-state index in [1.165, 1.54) is 0 Å². The SMILES string of the molecule is CCOCC1CCN(C(=NC)NCCC(C)N(C)C(=O)OC(C)(C)C)C1.I. The summed E-state index contributed by atoms with van der Waals surface area (Å²) in [6.07, 6.45) is 1.68. The number of hydrogen-bond donors (Lipinski definition) is 1. The monoisotopic (exact) mass is 498 g/mol. The number of halogens is 1. The third kappa shape index (κ3) is 9.82. The fourth-order valence-electron chi connectivity index (χ4n) is 2.88. The highest BCUT2D eigenvalue weighted by Crippen LogP contribution is 2.16. The summed E-state index contributed by atoms with van der Waals surface area (Å²) in [5.74, 6) is 1.50. The lowest BCUT2D eigenvalue weighted by Gasteiger charge is -2.29. The first kappa shape index (κ1) is 26.2. The molecule has 0 aliphatic carbocycles. The van der Waals surface area contributed by atoms with Gasteiger partial charge < -0.3 is 24.6 Å². The molecule has 2 unspecified atom stereocenters. The molecule has 7 nitrogen and oxygen atoms in total. The van der Waals surface area contributed by atoms with Crippen LogP contribution >= 0.6 is 24.0 Å². The van der Waals surface area contributed by atoms with Gasteiger partial charge in [0.1, 0.15) is 5.60 Å². The van der Waals surface area contributed by atoms with E-state index in [1.807, 2.05) is 41.7 Å². The number of likely N-dealkylation sites (tertiary alicyclic amines) is 1. The molecule has 1 heterocycles. The highest BCUT2D eigenvalue weighted by Gasteiger charge is 2.25. The van der Waals surface area contributed by atoms with Gasteiger partial charge in [-0.2, -0.15) is 0 Å². The average Bonchev–Trinajstić information content (AvgIpc) is 3.03. The molecule has 0 aromatic rings. The first-order valence-electron chi connectivity index (χ1n) is 9.67. The van der Waals surface area contributed by atoms with Crippen molar-refractivity contribution in [2.45, 2.75) is 59.1 Å². The average molecular weight is 498 g/mol. The van der Waals surface area contributed by atoms with Crippen LogP contribution in [0, 0.1) is 5.92 Å². The molecule has 27 heavy (non-hydrogen) atoms. The predicted octanol–water partition coefficient (Wildman–Crippen LogP) is 3.18. The summed E-state index contributed by atoms with van der Waals surface area (Å²) in [6.45, 7) is 14.0. The lowest BCUT2D eigenvalue weighted by molar-refractivity contribution is 0.0230. The van der Waals surface area contributed by atoms with E-state index in [4.69, 9.17) is 9.47 Å². The van der Waals surface area contributed by atoms with Gasteiger partial charge >= 0.3 is 6.09 Å². The quantitative estimate of drug-likeness (QED) is 0.332. The zero-order chi connectivity index (χ0) is 19.7. The predicted molar refractivity (Wildman–Crippen MR) is 121 cm³/mol. The second-order valence-electron chi connectivity index (χ2n) is 7.96. The molecular formula is C19H39IN4O3. The lowest BCUT2D eigenvalue weighted by atomic mass is 10.1. The van der Waals surface area contributed by atoms with E-state index in [0.29, 0.717) is 5.92 Å². The Morgan fingerprint density at radius 3 is 2.63 bits per heavy atom. The van der Waals surface area contributed by atoms with Crippen molar-refractivity contribution in [3.63, 3.8) is 0 Å². The summed E-state index contributed by atoms with van der Waals surface area (Å²) in [4.78, 5) is 20.5. The maximum Gasteiger partial charge on any atom is 0.410 e. The third-order valence-corrected chi connectivity index (χ3v) is 4.54. The molecule has 1 rings (SSSR count). The van der Waals surface area contributed by atoms with Gasteiger partial charge in [0, 0.05) is 52.3 Å². The van der Waals surface area contributed by atoms with Gasteiger partial charge in [0.15, 0.2) is 5.96 Å². The summed E-state index contributed by atoms with van der Waals surface area (Å²) in [5.41, 5.74) is -0.473. The molecular weight excluding hydrogens is 459 g/mol. The van der Waals surface area contributed by atoms with Crippen molar-refractivity contribution in [1.82, 2.24) is 15.1 Å². The van der Waals surface area contributed by atoms with Gasteiger partial charge in [-0.1, -0.05) is 0 Å². The smallest absolute Gasteiger partial charge is 0.410 e. The van der Waals surface area contributed by atoms with Crippen molar-refractivity contribution in [2.75, 3.05) is 46.9 Å². The van der Waals surface area contributed by atoms with Crippen molar-refractivity contribution < 1.29 is 14.3 Å². The van der Waals surface area contributed by atoms with E-state index in [-0.39, 0.29) is 36.1 Å².